The van der Waals surface area contributed by atoms with E-state index in [9.17, 15) is 9.59 Å². The Morgan fingerprint density at radius 2 is 1.65 bits per heavy atom. The van der Waals surface area contributed by atoms with Gasteiger partial charge in [-0.05, 0) is 42.4 Å². The molecule has 2 amide bonds. The molecule has 2 fully saturated rings. The topological polar surface area (TPSA) is 53.8 Å². The smallest absolute Gasteiger partial charge is 0.289 e. The second kappa shape index (κ2) is 7.36. The van der Waals surface area contributed by atoms with E-state index in [1.54, 1.807) is 17.0 Å². The van der Waals surface area contributed by atoms with Gasteiger partial charge in [0, 0.05) is 32.6 Å². The molecule has 2 aromatic rings. The van der Waals surface area contributed by atoms with Gasteiger partial charge in [0.15, 0.2) is 5.76 Å². The molecular formula is C21H24N2O3. The predicted molar refractivity (Wildman–Crippen MR) is 97.7 cm³/mol. The van der Waals surface area contributed by atoms with Gasteiger partial charge in [-0.2, -0.15) is 0 Å². The number of benzene rings is 1. The molecule has 2 heterocycles. The van der Waals surface area contributed by atoms with Crippen molar-refractivity contribution in [2.45, 2.75) is 25.2 Å². The molecule has 26 heavy (non-hydrogen) atoms. The maximum absolute atomic E-state index is 12.8. The van der Waals surface area contributed by atoms with Crippen molar-refractivity contribution in [1.29, 1.82) is 0 Å². The number of furan rings is 1. The molecule has 1 aliphatic carbocycles. The second-order valence-corrected chi connectivity index (χ2v) is 7.21. The Morgan fingerprint density at radius 1 is 0.962 bits per heavy atom. The molecule has 4 rings (SSSR count). The van der Waals surface area contributed by atoms with Crippen LogP contribution in [0.1, 0.15) is 41.3 Å². The van der Waals surface area contributed by atoms with Crippen molar-refractivity contribution in [1.82, 2.24) is 9.80 Å². The summed E-state index contributed by atoms with van der Waals surface area (Å²) in [5.74, 6) is 1.44. The molecule has 1 unspecified atom stereocenters. The van der Waals surface area contributed by atoms with E-state index in [0.29, 0.717) is 50.2 Å². The molecule has 0 radical (unpaired) electrons. The van der Waals surface area contributed by atoms with Crippen molar-refractivity contribution >= 4 is 11.8 Å². The standard InChI is InChI=1S/C21H24N2O3/c24-20(15-18(17-8-9-17)16-5-2-1-3-6-16)22-10-12-23(13-11-22)21(25)19-7-4-14-26-19/h1-7,14,17-18H,8-13,15H2. The summed E-state index contributed by atoms with van der Waals surface area (Å²) in [5.41, 5.74) is 1.27. The minimum atomic E-state index is -0.0951. The van der Waals surface area contributed by atoms with Crippen LogP contribution in [-0.2, 0) is 4.79 Å². The summed E-state index contributed by atoms with van der Waals surface area (Å²) in [5, 5.41) is 0. The van der Waals surface area contributed by atoms with Crippen LogP contribution >= 0.6 is 0 Å². The van der Waals surface area contributed by atoms with Crippen molar-refractivity contribution in [3.8, 4) is 0 Å². The monoisotopic (exact) mass is 352 g/mol. The van der Waals surface area contributed by atoms with Crippen molar-refractivity contribution in [2.24, 2.45) is 5.92 Å². The zero-order valence-electron chi connectivity index (χ0n) is 14.8. The molecular weight excluding hydrogens is 328 g/mol. The molecule has 0 N–H and O–H groups in total. The molecule has 1 atom stereocenters. The molecule has 5 heteroatoms. The highest BCUT2D eigenvalue weighted by Crippen LogP contribution is 2.44. The van der Waals surface area contributed by atoms with Crippen LogP contribution in [0.15, 0.2) is 53.1 Å². The van der Waals surface area contributed by atoms with Gasteiger partial charge in [-0.1, -0.05) is 30.3 Å². The number of amides is 2. The van der Waals surface area contributed by atoms with Gasteiger partial charge in [0.2, 0.25) is 5.91 Å². The number of rotatable bonds is 5. The lowest BCUT2D eigenvalue weighted by Gasteiger charge is -2.35. The lowest BCUT2D eigenvalue weighted by Crippen LogP contribution is -2.50. The highest BCUT2D eigenvalue weighted by Gasteiger charge is 2.35. The molecule has 1 aliphatic heterocycles. The van der Waals surface area contributed by atoms with Crippen LogP contribution in [0.25, 0.3) is 0 Å². The summed E-state index contributed by atoms with van der Waals surface area (Å²) in [7, 11) is 0. The van der Waals surface area contributed by atoms with E-state index in [2.05, 4.69) is 12.1 Å². The molecule has 0 bridgehead atoms. The van der Waals surface area contributed by atoms with Crippen LogP contribution in [0, 0.1) is 5.92 Å². The van der Waals surface area contributed by atoms with Crippen LogP contribution in [0.5, 0.6) is 0 Å². The lowest BCUT2D eigenvalue weighted by atomic mass is 9.90. The van der Waals surface area contributed by atoms with E-state index in [1.807, 2.05) is 23.1 Å². The number of hydrogen-bond donors (Lipinski definition) is 0. The van der Waals surface area contributed by atoms with Gasteiger partial charge in [-0.3, -0.25) is 9.59 Å². The molecule has 1 saturated carbocycles. The number of carbonyl (C=O) groups is 2. The number of piperazine rings is 1. The number of nitrogens with zero attached hydrogens (tertiary/aromatic N) is 2. The molecule has 2 aliphatic rings. The van der Waals surface area contributed by atoms with E-state index < -0.39 is 0 Å². The largest absolute Gasteiger partial charge is 0.459 e. The predicted octanol–water partition coefficient (Wildman–Crippen LogP) is 3.15. The summed E-state index contributed by atoms with van der Waals surface area (Å²) in [6.45, 7) is 2.31. The van der Waals surface area contributed by atoms with E-state index in [4.69, 9.17) is 4.42 Å². The first-order chi connectivity index (χ1) is 12.7. The summed E-state index contributed by atoms with van der Waals surface area (Å²) < 4.78 is 5.19. The summed E-state index contributed by atoms with van der Waals surface area (Å²) in [6.07, 6.45) is 4.52. The van der Waals surface area contributed by atoms with Gasteiger partial charge in [0.05, 0.1) is 6.26 Å². The third kappa shape index (κ3) is 3.66. The van der Waals surface area contributed by atoms with Gasteiger partial charge in [0.25, 0.3) is 5.91 Å². The third-order valence-electron chi connectivity index (χ3n) is 5.46. The fourth-order valence-electron chi connectivity index (χ4n) is 3.79. The summed E-state index contributed by atoms with van der Waals surface area (Å²) in [6, 6.07) is 13.8. The summed E-state index contributed by atoms with van der Waals surface area (Å²) >= 11 is 0. The summed E-state index contributed by atoms with van der Waals surface area (Å²) in [4.78, 5) is 28.8. The highest BCUT2D eigenvalue weighted by molar-refractivity contribution is 5.91. The quantitative estimate of drug-likeness (QED) is 0.831. The zero-order chi connectivity index (χ0) is 17.9. The fourth-order valence-corrected chi connectivity index (χ4v) is 3.79. The van der Waals surface area contributed by atoms with E-state index in [0.717, 1.165) is 0 Å². The first-order valence-electron chi connectivity index (χ1n) is 9.38. The first-order valence-corrected chi connectivity index (χ1v) is 9.38. The van der Waals surface area contributed by atoms with Crippen LogP contribution in [0.2, 0.25) is 0 Å². The molecule has 1 aromatic carbocycles. The average Bonchev–Trinajstić information content (AvgIpc) is 3.39. The van der Waals surface area contributed by atoms with Crippen LogP contribution in [0.3, 0.4) is 0 Å². The maximum Gasteiger partial charge on any atom is 0.289 e. The Bertz CT molecular complexity index is 745. The Labute approximate surface area is 153 Å². The van der Waals surface area contributed by atoms with Gasteiger partial charge in [-0.25, -0.2) is 0 Å². The van der Waals surface area contributed by atoms with Crippen molar-refractivity contribution in [2.75, 3.05) is 26.2 Å². The van der Waals surface area contributed by atoms with E-state index in [1.165, 1.54) is 24.7 Å². The number of hydrogen-bond acceptors (Lipinski definition) is 3. The SMILES string of the molecule is O=C(CC(c1ccccc1)C1CC1)N1CCN(C(=O)c2ccco2)CC1. The molecule has 0 spiro atoms. The minimum Gasteiger partial charge on any atom is -0.459 e. The molecule has 1 aromatic heterocycles. The highest BCUT2D eigenvalue weighted by atomic mass is 16.3. The minimum absolute atomic E-state index is 0.0951. The molecule has 1 saturated heterocycles. The van der Waals surface area contributed by atoms with Crippen molar-refractivity contribution in [3.63, 3.8) is 0 Å². The lowest BCUT2D eigenvalue weighted by molar-refractivity contribution is -0.133. The molecule has 136 valence electrons. The Kier molecular flexibility index (Phi) is 4.78. The average molecular weight is 352 g/mol. The van der Waals surface area contributed by atoms with Gasteiger partial charge in [-0.15, -0.1) is 0 Å². The third-order valence-corrected chi connectivity index (χ3v) is 5.46. The maximum atomic E-state index is 12.8. The Morgan fingerprint density at radius 3 is 2.27 bits per heavy atom. The molecule has 5 nitrogen and oxygen atoms in total. The Hall–Kier alpha value is -2.56. The number of carbonyl (C=O) groups excluding carboxylic acids is 2. The van der Waals surface area contributed by atoms with E-state index >= 15 is 0 Å². The van der Waals surface area contributed by atoms with E-state index in [-0.39, 0.29) is 11.8 Å². The zero-order valence-corrected chi connectivity index (χ0v) is 14.8. The second-order valence-electron chi connectivity index (χ2n) is 7.21. The fraction of sp³-hybridized carbons (Fsp3) is 0.429. The van der Waals surface area contributed by atoms with Crippen molar-refractivity contribution < 1.29 is 14.0 Å². The van der Waals surface area contributed by atoms with Gasteiger partial charge < -0.3 is 14.2 Å². The van der Waals surface area contributed by atoms with Crippen LogP contribution in [-0.4, -0.2) is 47.8 Å². The van der Waals surface area contributed by atoms with Gasteiger partial charge >= 0.3 is 0 Å². The first kappa shape index (κ1) is 16.9. The van der Waals surface area contributed by atoms with Crippen LogP contribution in [0.4, 0.5) is 0 Å². The van der Waals surface area contributed by atoms with Crippen molar-refractivity contribution in [3.05, 3.63) is 60.1 Å². The van der Waals surface area contributed by atoms with Gasteiger partial charge in [0.1, 0.15) is 0 Å². The Balaban J connectivity index is 1.34. The van der Waals surface area contributed by atoms with Crippen LogP contribution < -0.4 is 0 Å². The normalized spacial score (nSPS) is 18.6.